The number of nitrogens with one attached hydrogen (secondary N) is 1. The molecule has 0 radical (unpaired) electrons. The number of carbonyl (C=O) groups excluding carboxylic acids is 1. The van der Waals surface area contributed by atoms with Gasteiger partial charge in [-0.25, -0.2) is 4.98 Å². The summed E-state index contributed by atoms with van der Waals surface area (Å²) in [6.45, 7) is 2.45. The van der Waals surface area contributed by atoms with Crippen LogP contribution in [-0.4, -0.2) is 16.9 Å². The lowest BCUT2D eigenvalue weighted by Gasteiger charge is -2.11. The molecule has 5 heteroatoms. The lowest BCUT2D eigenvalue weighted by molar-refractivity contribution is -0.122. The fourth-order valence-corrected chi connectivity index (χ4v) is 2.60. The van der Waals surface area contributed by atoms with Gasteiger partial charge in [0.15, 0.2) is 0 Å². The number of benzene rings is 1. The van der Waals surface area contributed by atoms with Gasteiger partial charge in [-0.1, -0.05) is 30.3 Å². The Morgan fingerprint density at radius 2 is 2.15 bits per heavy atom. The van der Waals surface area contributed by atoms with Gasteiger partial charge in [-0.05, 0) is 25.3 Å². The number of aromatic nitrogens is 1. The molecule has 0 saturated heterocycles. The van der Waals surface area contributed by atoms with Crippen LogP contribution < -0.4 is 11.1 Å². The number of rotatable bonds is 6. The molecular formula is C15H19N3OS. The quantitative estimate of drug-likeness (QED) is 0.855. The van der Waals surface area contributed by atoms with E-state index in [0.29, 0.717) is 13.0 Å². The number of hydrogen-bond donors (Lipinski definition) is 2. The van der Waals surface area contributed by atoms with Crippen molar-refractivity contribution in [1.82, 2.24) is 10.3 Å². The minimum atomic E-state index is -0.476. The van der Waals surface area contributed by atoms with Gasteiger partial charge < -0.3 is 11.1 Å². The maximum atomic E-state index is 11.9. The van der Waals surface area contributed by atoms with Crippen LogP contribution in [0.4, 0.5) is 0 Å². The molecule has 0 saturated carbocycles. The molecule has 0 unspecified atom stereocenters. The second kappa shape index (κ2) is 7.17. The lowest BCUT2D eigenvalue weighted by atomic mass is 10.1. The third-order valence-corrected chi connectivity index (χ3v) is 3.92. The van der Waals surface area contributed by atoms with Crippen LogP contribution in [0.5, 0.6) is 0 Å². The Morgan fingerprint density at radius 1 is 1.40 bits per heavy atom. The van der Waals surface area contributed by atoms with E-state index in [2.05, 4.69) is 10.3 Å². The van der Waals surface area contributed by atoms with E-state index in [1.165, 1.54) is 5.56 Å². The number of carbonyl (C=O) groups is 1. The molecule has 2 aromatic rings. The van der Waals surface area contributed by atoms with Crippen molar-refractivity contribution in [3.05, 3.63) is 52.0 Å². The molecule has 0 aliphatic rings. The molecule has 1 aromatic heterocycles. The van der Waals surface area contributed by atoms with Crippen LogP contribution in [0.1, 0.15) is 21.9 Å². The molecule has 1 heterocycles. The number of hydrogen-bond acceptors (Lipinski definition) is 4. The average molecular weight is 289 g/mol. The van der Waals surface area contributed by atoms with E-state index >= 15 is 0 Å². The number of thiazole rings is 1. The van der Waals surface area contributed by atoms with Crippen molar-refractivity contribution >= 4 is 17.2 Å². The van der Waals surface area contributed by atoms with Crippen LogP contribution >= 0.6 is 11.3 Å². The lowest BCUT2D eigenvalue weighted by Crippen LogP contribution is -2.40. The zero-order valence-electron chi connectivity index (χ0n) is 11.5. The van der Waals surface area contributed by atoms with Crippen molar-refractivity contribution < 1.29 is 4.79 Å². The summed E-state index contributed by atoms with van der Waals surface area (Å²) in [6.07, 6.45) is 3.26. The van der Waals surface area contributed by atoms with Crippen LogP contribution in [0, 0.1) is 6.92 Å². The highest BCUT2D eigenvalue weighted by Crippen LogP contribution is 2.10. The van der Waals surface area contributed by atoms with Crippen LogP contribution in [-0.2, 0) is 17.8 Å². The fourth-order valence-electron chi connectivity index (χ4n) is 1.87. The molecule has 2 rings (SSSR count). The Labute approximate surface area is 123 Å². The zero-order chi connectivity index (χ0) is 14.4. The first kappa shape index (κ1) is 14.7. The highest BCUT2D eigenvalue weighted by atomic mass is 32.1. The second-order valence-electron chi connectivity index (χ2n) is 4.71. The number of nitrogens with two attached hydrogens (primary N) is 1. The van der Waals surface area contributed by atoms with Crippen LogP contribution in [0.2, 0.25) is 0 Å². The van der Waals surface area contributed by atoms with Crippen molar-refractivity contribution in [3.63, 3.8) is 0 Å². The predicted molar refractivity (Wildman–Crippen MR) is 81.4 cm³/mol. The Kier molecular flexibility index (Phi) is 5.26. The highest BCUT2D eigenvalue weighted by Gasteiger charge is 2.13. The van der Waals surface area contributed by atoms with Crippen LogP contribution in [0.3, 0.4) is 0 Å². The van der Waals surface area contributed by atoms with Gasteiger partial charge in [0.05, 0.1) is 12.6 Å². The maximum Gasteiger partial charge on any atom is 0.237 e. The van der Waals surface area contributed by atoms with Crippen LogP contribution in [0.15, 0.2) is 36.5 Å². The van der Waals surface area contributed by atoms with Gasteiger partial charge in [0.1, 0.15) is 5.01 Å². The summed E-state index contributed by atoms with van der Waals surface area (Å²) in [5.41, 5.74) is 7.11. The summed E-state index contributed by atoms with van der Waals surface area (Å²) in [5, 5.41) is 3.74. The molecule has 0 fully saturated rings. The van der Waals surface area contributed by atoms with Crippen molar-refractivity contribution in [3.8, 4) is 0 Å². The first-order valence-corrected chi connectivity index (χ1v) is 7.45. The Bertz CT molecular complexity index is 553. The Morgan fingerprint density at radius 3 is 2.80 bits per heavy atom. The number of amides is 1. The van der Waals surface area contributed by atoms with Crippen molar-refractivity contribution in [2.75, 3.05) is 0 Å². The summed E-state index contributed by atoms with van der Waals surface area (Å²) in [5.74, 6) is -0.117. The molecule has 1 aromatic carbocycles. The third kappa shape index (κ3) is 4.43. The van der Waals surface area contributed by atoms with E-state index in [1.54, 1.807) is 11.3 Å². The van der Waals surface area contributed by atoms with Gasteiger partial charge in [-0.3, -0.25) is 4.79 Å². The Balaban J connectivity index is 1.74. The first-order chi connectivity index (χ1) is 9.65. The molecule has 0 spiro atoms. The molecule has 1 atom stereocenters. The molecule has 4 nitrogen and oxygen atoms in total. The third-order valence-electron chi connectivity index (χ3n) is 3.01. The van der Waals surface area contributed by atoms with E-state index in [-0.39, 0.29) is 5.91 Å². The van der Waals surface area contributed by atoms with E-state index in [9.17, 15) is 4.79 Å². The second-order valence-corrected chi connectivity index (χ2v) is 6.03. The smallest absolute Gasteiger partial charge is 0.237 e. The van der Waals surface area contributed by atoms with Gasteiger partial charge in [-0.15, -0.1) is 11.3 Å². The molecule has 0 aliphatic carbocycles. The van der Waals surface area contributed by atoms with Gasteiger partial charge >= 0.3 is 0 Å². The maximum absolute atomic E-state index is 11.9. The summed E-state index contributed by atoms with van der Waals surface area (Å²) >= 11 is 1.59. The monoisotopic (exact) mass is 289 g/mol. The minimum Gasteiger partial charge on any atom is -0.348 e. The Hall–Kier alpha value is -1.72. The van der Waals surface area contributed by atoms with Crippen molar-refractivity contribution in [2.45, 2.75) is 32.4 Å². The minimum absolute atomic E-state index is 0.117. The van der Waals surface area contributed by atoms with Crippen molar-refractivity contribution in [1.29, 1.82) is 0 Å². The van der Waals surface area contributed by atoms with Gasteiger partial charge in [0.2, 0.25) is 5.91 Å². The fraction of sp³-hybridized carbons (Fsp3) is 0.333. The largest absolute Gasteiger partial charge is 0.348 e. The van der Waals surface area contributed by atoms with E-state index in [1.807, 2.05) is 43.5 Å². The summed E-state index contributed by atoms with van der Waals surface area (Å²) in [7, 11) is 0. The normalized spacial score (nSPS) is 12.1. The van der Waals surface area contributed by atoms with E-state index in [4.69, 9.17) is 5.73 Å². The summed E-state index contributed by atoms with van der Waals surface area (Å²) in [6, 6.07) is 9.58. The summed E-state index contributed by atoms with van der Waals surface area (Å²) < 4.78 is 0. The SMILES string of the molecule is Cc1cnc(CNC(=O)[C@@H](N)CCc2ccccc2)s1. The molecular weight excluding hydrogens is 270 g/mol. The number of aryl methyl sites for hydroxylation is 2. The average Bonchev–Trinajstić information content (AvgIpc) is 2.89. The molecule has 106 valence electrons. The molecule has 0 bridgehead atoms. The van der Waals surface area contributed by atoms with Gasteiger partial charge in [0.25, 0.3) is 0 Å². The topological polar surface area (TPSA) is 68.0 Å². The van der Waals surface area contributed by atoms with E-state index in [0.717, 1.165) is 16.3 Å². The van der Waals surface area contributed by atoms with Gasteiger partial charge in [0, 0.05) is 11.1 Å². The standard InChI is InChI=1S/C15H19N3OS/c1-11-9-17-14(20-11)10-18-15(19)13(16)8-7-12-5-3-2-4-6-12/h2-6,9,13H,7-8,10,16H2,1H3,(H,18,19)/t13-/m0/s1. The predicted octanol–water partition coefficient (Wildman–Crippen LogP) is 2.03. The zero-order valence-corrected chi connectivity index (χ0v) is 12.3. The summed E-state index contributed by atoms with van der Waals surface area (Å²) in [4.78, 5) is 17.2. The van der Waals surface area contributed by atoms with Crippen molar-refractivity contribution in [2.24, 2.45) is 5.73 Å². The first-order valence-electron chi connectivity index (χ1n) is 6.63. The highest BCUT2D eigenvalue weighted by molar-refractivity contribution is 7.11. The molecule has 20 heavy (non-hydrogen) atoms. The van der Waals surface area contributed by atoms with Crippen LogP contribution in [0.25, 0.3) is 0 Å². The molecule has 0 aliphatic heterocycles. The van der Waals surface area contributed by atoms with E-state index < -0.39 is 6.04 Å². The van der Waals surface area contributed by atoms with Gasteiger partial charge in [-0.2, -0.15) is 0 Å². The molecule has 3 N–H and O–H groups in total. The number of nitrogens with zero attached hydrogens (tertiary/aromatic N) is 1. The molecule has 1 amide bonds.